The second kappa shape index (κ2) is 5.85. The first kappa shape index (κ1) is 14.2. The van der Waals surface area contributed by atoms with Crippen LogP contribution in [0.3, 0.4) is 0 Å². The number of hydrogen-bond acceptors (Lipinski definition) is 3. The zero-order valence-corrected chi connectivity index (χ0v) is 12.1. The fourth-order valence-corrected chi connectivity index (χ4v) is 2.56. The van der Waals surface area contributed by atoms with Crippen molar-refractivity contribution in [2.75, 3.05) is 26.3 Å². The number of carbonyl (C=O) groups is 1. The average Bonchev–Trinajstić information content (AvgIpc) is 2.41. The van der Waals surface area contributed by atoms with Crippen molar-refractivity contribution in [1.29, 1.82) is 0 Å². The molecule has 19 heavy (non-hydrogen) atoms. The van der Waals surface area contributed by atoms with Crippen molar-refractivity contribution in [1.82, 2.24) is 4.90 Å². The van der Waals surface area contributed by atoms with Crippen LogP contribution in [0.25, 0.3) is 0 Å². The summed E-state index contributed by atoms with van der Waals surface area (Å²) in [5.74, 6) is 0.215. The fourth-order valence-electron chi connectivity index (χ4n) is 2.56. The predicted octanol–water partition coefficient (Wildman–Crippen LogP) is 2.62. The van der Waals surface area contributed by atoms with Crippen LogP contribution in [0.5, 0.6) is 0 Å². The van der Waals surface area contributed by atoms with Crippen molar-refractivity contribution < 1.29 is 9.53 Å². The maximum atomic E-state index is 12.6. The minimum absolute atomic E-state index is 0.215. The van der Waals surface area contributed by atoms with Crippen LogP contribution in [0.4, 0.5) is 0 Å². The third kappa shape index (κ3) is 3.43. The highest BCUT2D eigenvalue weighted by Crippen LogP contribution is 2.25. The zero-order valence-electron chi connectivity index (χ0n) is 12.1. The van der Waals surface area contributed by atoms with Gasteiger partial charge in [0.1, 0.15) is 0 Å². The van der Waals surface area contributed by atoms with Gasteiger partial charge in [-0.15, -0.1) is 0 Å². The van der Waals surface area contributed by atoms with E-state index in [4.69, 9.17) is 4.74 Å². The third-order valence-corrected chi connectivity index (χ3v) is 3.75. The molecule has 0 aromatic heterocycles. The monoisotopic (exact) mass is 261 g/mol. The Morgan fingerprint density at radius 2 is 2.05 bits per heavy atom. The summed E-state index contributed by atoms with van der Waals surface area (Å²) in [6.07, 6.45) is 0. The third-order valence-electron chi connectivity index (χ3n) is 3.75. The van der Waals surface area contributed by atoms with Gasteiger partial charge in [0.25, 0.3) is 0 Å². The van der Waals surface area contributed by atoms with Gasteiger partial charge < -0.3 is 4.74 Å². The highest BCUT2D eigenvalue weighted by atomic mass is 16.5. The summed E-state index contributed by atoms with van der Waals surface area (Å²) >= 11 is 0. The summed E-state index contributed by atoms with van der Waals surface area (Å²) in [6.45, 7) is 9.44. The standard InChI is InChI=1S/C16H23NO2/c1-13-11-19-10-9-17(13)12-16(2,3)15(18)14-7-5-4-6-8-14/h4-8,13H,9-12H2,1-3H3. The minimum atomic E-state index is -0.368. The molecule has 1 aliphatic heterocycles. The Balaban J connectivity index is 2.07. The number of rotatable bonds is 4. The Bertz CT molecular complexity index is 428. The summed E-state index contributed by atoms with van der Waals surface area (Å²) in [7, 11) is 0. The van der Waals surface area contributed by atoms with E-state index >= 15 is 0 Å². The van der Waals surface area contributed by atoms with E-state index in [2.05, 4.69) is 11.8 Å². The lowest BCUT2D eigenvalue weighted by Gasteiger charge is -2.38. The van der Waals surface area contributed by atoms with Crippen molar-refractivity contribution in [3.63, 3.8) is 0 Å². The number of hydrogen-bond donors (Lipinski definition) is 0. The van der Waals surface area contributed by atoms with Gasteiger partial charge >= 0.3 is 0 Å². The van der Waals surface area contributed by atoms with Gasteiger partial charge in [-0.25, -0.2) is 0 Å². The largest absolute Gasteiger partial charge is 0.379 e. The van der Waals surface area contributed by atoms with Gasteiger partial charge in [-0.2, -0.15) is 0 Å². The van der Waals surface area contributed by atoms with E-state index < -0.39 is 0 Å². The van der Waals surface area contributed by atoms with E-state index in [9.17, 15) is 4.79 Å². The number of carbonyl (C=O) groups excluding carboxylic acids is 1. The molecule has 0 radical (unpaired) electrons. The Morgan fingerprint density at radius 3 is 2.68 bits per heavy atom. The van der Waals surface area contributed by atoms with Crippen LogP contribution in [0.1, 0.15) is 31.1 Å². The minimum Gasteiger partial charge on any atom is -0.379 e. The van der Waals surface area contributed by atoms with E-state index in [0.717, 1.165) is 31.9 Å². The summed E-state index contributed by atoms with van der Waals surface area (Å²) < 4.78 is 5.44. The van der Waals surface area contributed by atoms with E-state index in [1.54, 1.807) is 0 Å². The summed E-state index contributed by atoms with van der Waals surface area (Å²) in [5.41, 5.74) is 0.431. The molecule has 1 aliphatic rings. The van der Waals surface area contributed by atoms with Crippen molar-refractivity contribution in [2.45, 2.75) is 26.8 Å². The average molecular weight is 261 g/mol. The SMILES string of the molecule is CC1COCCN1CC(C)(C)C(=O)c1ccccc1. The Kier molecular flexibility index (Phi) is 4.38. The van der Waals surface area contributed by atoms with Crippen LogP contribution in [0.15, 0.2) is 30.3 Å². The Morgan fingerprint density at radius 1 is 1.37 bits per heavy atom. The number of ether oxygens (including phenoxy) is 1. The van der Waals surface area contributed by atoms with Crippen molar-refractivity contribution in [3.8, 4) is 0 Å². The maximum Gasteiger partial charge on any atom is 0.169 e. The van der Waals surface area contributed by atoms with Gasteiger partial charge in [0, 0.05) is 30.1 Å². The van der Waals surface area contributed by atoms with Crippen LogP contribution >= 0.6 is 0 Å². The van der Waals surface area contributed by atoms with Crippen LogP contribution in [0, 0.1) is 5.41 Å². The number of ketones is 1. The fraction of sp³-hybridized carbons (Fsp3) is 0.562. The molecule has 0 amide bonds. The van der Waals surface area contributed by atoms with Crippen molar-refractivity contribution >= 4 is 5.78 Å². The van der Waals surface area contributed by atoms with Crippen molar-refractivity contribution in [2.24, 2.45) is 5.41 Å². The molecule has 0 N–H and O–H groups in total. The number of Topliss-reactive ketones (excluding diaryl/α,β-unsaturated/α-hetero) is 1. The number of benzene rings is 1. The quantitative estimate of drug-likeness (QED) is 0.780. The second-order valence-electron chi connectivity index (χ2n) is 5.97. The van der Waals surface area contributed by atoms with Gasteiger partial charge in [-0.1, -0.05) is 44.2 Å². The highest BCUT2D eigenvalue weighted by Gasteiger charge is 2.33. The van der Waals surface area contributed by atoms with Crippen LogP contribution in [0.2, 0.25) is 0 Å². The molecule has 2 rings (SSSR count). The highest BCUT2D eigenvalue weighted by molar-refractivity contribution is 6.00. The molecule has 1 aromatic carbocycles. The molecular formula is C16H23NO2. The zero-order chi connectivity index (χ0) is 13.9. The topological polar surface area (TPSA) is 29.5 Å². The molecule has 1 saturated heterocycles. The van der Waals surface area contributed by atoms with Crippen LogP contribution in [-0.4, -0.2) is 43.0 Å². The molecule has 1 atom stereocenters. The lowest BCUT2D eigenvalue weighted by atomic mass is 9.83. The van der Waals surface area contributed by atoms with Gasteiger partial charge in [0.05, 0.1) is 13.2 Å². The predicted molar refractivity (Wildman–Crippen MR) is 76.4 cm³/mol. The normalized spacial score (nSPS) is 21.3. The number of nitrogens with zero attached hydrogens (tertiary/aromatic N) is 1. The lowest BCUT2D eigenvalue weighted by Crippen LogP contribution is -2.49. The first-order chi connectivity index (χ1) is 9.00. The summed E-state index contributed by atoms with van der Waals surface area (Å²) in [6, 6.07) is 9.95. The molecule has 1 unspecified atom stereocenters. The Hall–Kier alpha value is -1.19. The second-order valence-corrected chi connectivity index (χ2v) is 5.97. The van der Waals surface area contributed by atoms with Gasteiger partial charge in [0.2, 0.25) is 0 Å². The molecule has 1 aromatic rings. The Labute approximate surface area is 115 Å². The van der Waals surface area contributed by atoms with Crippen LogP contribution in [-0.2, 0) is 4.74 Å². The molecule has 3 nitrogen and oxygen atoms in total. The van der Waals surface area contributed by atoms with E-state index in [-0.39, 0.29) is 11.2 Å². The van der Waals surface area contributed by atoms with Crippen LogP contribution < -0.4 is 0 Å². The molecule has 0 spiro atoms. The molecule has 1 heterocycles. The van der Waals surface area contributed by atoms with Gasteiger partial charge in [-0.3, -0.25) is 9.69 Å². The molecular weight excluding hydrogens is 238 g/mol. The van der Waals surface area contributed by atoms with E-state index in [1.807, 2.05) is 44.2 Å². The smallest absolute Gasteiger partial charge is 0.169 e. The summed E-state index contributed by atoms with van der Waals surface area (Å²) in [4.78, 5) is 14.9. The first-order valence-electron chi connectivity index (χ1n) is 6.92. The van der Waals surface area contributed by atoms with E-state index in [1.165, 1.54) is 0 Å². The molecule has 104 valence electrons. The molecule has 3 heteroatoms. The first-order valence-corrected chi connectivity index (χ1v) is 6.92. The molecule has 0 bridgehead atoms. The van der Waals surface area contributed by atoms with E-state index in [0.29, 0.717) is 6.04 Å². The summed E-state index contributed by atoms with van der Waals surface area (Å²) in [5, 5.41) is 0. The molecule has 1 fully saturated rings. The lowest BCUT2D eigenvalue weighted by molar-refractivity contribution is -0.0136. The van der Waals surface area contributed by atoms with Gasteiger partial charge in [-0.05, 0) is 6.92 Å². The maximum absolute atomic E-state index is 12.6. The molecule has 0 aliphatic carbocycles. The number of morpholine rings is 1. The molecule has 0 saturated carbocycles. The van der Waals surface area contributed by atoms with Crippen molar-refractivity contribution in [3.05, 3.63) is 35.9 Å². The van der Waals surface area contributed by atoms with Gasteiger partial charge in [0.15, 0.2) is 5.78 Å².